The third kappa shape index (κ3) is 2.54. The van der Waals surface area contributed by atoms with E-state index in [4.69, 9.17) is 5.11 Å². The average molecular weight is 345 g/mol. The van der Waals surface area contributed by atoms with Gasteiger partial charge in [0.25, 0.3) is 0 Å². The zero-order chi connectivity index (χ0) is 12.6. The summed E-state index contributed by atoms with van der Waals surface area (Å²) in [6, 6.07) is 4.91. The number of pyridine rings is 1. The van der Waals surface area contributed by atoms with E-state index in [2.05, 4.69) is 4.98 Å². The van der Waals surface area contributed by atoms with Crippen LogP contribution in [0.1, 0.15) is 11.3 Å². The number of aliphatic carboxylic acids is 1. The second-order valence-electron chi connectivity index (χ2n) is 3.78. The second kappa shape index (κ2) is 4.56. The van der Waals surface area contributed by atoms with Crippen molar-refractivity contribution < 1.29 is 14.3 Å². The monoisotopic (exact) mass is 345 g/mol. The minimum atomic E-state index is -0.970. The van der Waals surface area contributed by atoms with Gasteiger partial charge in [-0.3, -0.25) is 4.79 Å². The Bertz CT molecular complexity index is 613. The molecule has 0 unspecified atom stereocenters. The van der Waals surface area contributed by atoms with Gasteiger partial charge < -0.3 is 5.11 Å². The maximum Gasteiger partial charge on any atom is 0.309 e. The van der Waals surface area contributed by atoms with Crippen molar-refractivity contribution in [1.82, 2.24) is 4.98 Å². The number of benzene rings is 1. The fourth-order valence-electron chi connectivity index (χ4n) is 1.73. The van der Waals surface area contributed by atoms with Crippen LogP contribution in [0.5, 0.6) is 0 Å². The van der Waals surface area contributed by atoms with E-state index < -0.39 is 11.8 Å². The molecule has 0 amide bonds. The lowest BCUT2D eigenvalue weighted by Crippen LogP contribution is -2.03. The number of carbonyl (C=O) groups is 1. The number of aromatic nitrogens is 1. The molecule has 0 spiro atoms. The predicted octanol–water partition coefficient (Wildman–Crippen LogP) is 2.91. The van der Waals surface area contributed by atoms with Crippen LogP contribution in [-0.4, -0.2) is 16.1 Å². The minimum absolute atomic E-state index is 0.192. The van der Waals surface area contributed by atoms with Crippen molar-refractivity contribution in [3.63, 3.8) is 0 Å². The summed E-state index contributed by atoms with van der Waals surface area (Å²) in [5.41, 5.74) is 1.45. The summed E-state index contributed by atoms with van der Waals surface area (Å²) in [5, 5.41) is 9.43. The van der Waals surface area contributed by atoms with Gasteiger partial charge in [-0.15, -0.1) is 0 Å². The van der Waals surface area contributed by atoms with Gasteiger partial charge in [0.05, 0.1) is 12.1 Å². The Balaban J connectivity index is 2.68. The standard InChI is InChI=1S/C12H9FINO2/c1-6-2-8(5-11(16)17)15-12-9(6)3-7(14)4-10(12)13/h2-4H,5H2,1H3,(H,16,17). The Kier molecular flexibility index (Phi) is 3.28. The molecule has 0 saturated heterocycles. The molecule has 0 aliphatic heterocycles. The molecule has 88 valence electrons. The van der Waals surface area contributed by atoms with Gasteiger partial charge in [0.2, 0.25) is 0 Å². The average Bonchev–Trinajstić information content (AvgIpc) is 2.19. The van der Waals surface area contributed by atoms with E-state index in [1.54, 1.807) is 6.07 Å². The summed E-state index contributed by atoms with van der Waals surface area (Å²) in [6.07, 6.45) is -0.192. The summed E-state index contributed by atoms with van der Waals surface area (Å²) in [4.78, 5) is 14.7. The molecule has 1 aromatic carbocycles. The summed E-state index contributed by atoms with van der Waals surface area (Å²) in [6.45, 7) is 1.82. The fraction of sp³-hybridized carbons (Fsp3) is 0.167. The maximum atomic E-state index is 13.7. The van der Waals surface area contributed by atoms with Gasteiger partial charge in [0.1, 0.15) is 11.3 Å². The van der Waals surface area contributed by atoms with Crippen LogP contribution in [0.4, 0.5) is 4.39 Å². The molecule has 2 aromatic rings. The molecule has 17 heavy (non-hydrogen) atoms. The van der Waals surface area contributed by atoms with Crippen molar-refractivity contribution in [3.8, 4) is 0 Å². The van der Waals surface area contributed by atoms with Crippen LogP contribution in [-0.2, 0) is 11.2 Å². The normalized spacial score (nSPS) is 10.8. The Hall–Kier alpha value is -1.24. The first-order valence-electron chi connectivity index (χ1n) is 4.94. The van der Waals surface area contributed by atoms with Crippen LogP contribution >= 0.6 is 22.6 Å². The molecule has 0 saturated carbocycles. The molecule has 0 fully saturated rings. The summed E-state index contributed by atoms with van der Waals surface area (Å²) in [7, 11) is 0. The van der Waals surface area contributed by atoms with E-state index in [-0.39, 0.29) is 11.9 Å². The smallest absolute Gasteiger partial charge is 0.309 e. The topological polar surface area (TPSA) is 50.2 Å². The van der Waals surface area contributed by atoms with Crippen molar-refractivity contribution in [1.29, 1.82) is 0 Å². The molecule has 0 aliphatic rings. The van der Waals surface area contributed by atoms with Crippen LogP contribution < -0.4 is 0 Å². The molecular formula is C12H9FINO2. The highest BCUT2D eigenvalue weighted by atomic mass is 127. The zero-order valence-corrected chi connectivity index (χ0v) is 11.2. The highest BCUT2D eigenvalue weighted by Gasteiger charge is 2.10. The van der Waals surface area contributed by atoms with E-state index in [1.807, 2.05) is 35.6 Å². The highest BCUT2D eigenvalue weighted by molar-refractivity contribution is 14.1. The van der Waals surface area contributed by atoms with Crippen LogP contribution in [0.3, 0.4) is 0 Å². The van der Waals surface area contributed by atoms with Gasteiger partial charge in [-0.1, -0.05) is 0 Å². The lowest BCUT2D eigenvalue weighted by molar-refractivity contribution is -0.136. The molecule has 3 nitrogen and oxygen atoms in total. The minimum Gasteiger partial charge on any atom is -0.481 e. The molecule has 0 radical (unpaired) electrons. The number of hydrogen-bond acceptors (Lipinski definition) is 2. The van der Waals surface area contributed by atoms with E-state index in [0.717, 1.165) is 14.5 Å². The largest absolute Gasteiger partial charge is 0.481 e. The zero-order valence-electron chi connectivity index (χ0n) is 9.00. The predicted molar refractivity (Wildman–Crippen MR) is 70.5 cm³/mol. The number of hydrogen-bond donors (Lipinski definition) is 1. The Morgan fingerprint density at radius 3 is 2.82 bits per heavy atom. The lowest BCUT2D eigenvalue weighted by Gasteiger charge is -2.06. The molecule has 0 aliphatic carbocycles. The number of halogens is 2. The number of rotatable bonds is 2. The molecule has 5 heteroatoms. The van der Waals surface area contributed by atoms with Gasteiger partial charge in [0.15, 0.2) is 0 Å². The molecule has 0 atom stereocenters. The number of aryl methyl sites for hydroxylation is 1. The first-order valence-corrected chi connectivity index (χ1v) is 6.02. The van der Waals surface area contributed by atoms with Gasteiger partial charge in [0, 0.05) is 8.96 Å². The molecular weight excluding hydrogens is 336 g/mol. The Morgan fingerprint density at radius 2 is 2.18 bits per heavy atom. The number of fused-ring (bicyclic) bond motifs is 1. The van der Waals surface area contributed by atoms with E-state index >= 15 is 0 Å². The molecule has 1 heterocycles. The van der Waals surface area contributed by atoms with Crippen molar-refractivity contribution >= 4 is 39.5 Å². The quantitative estimate of drug-likeness (QED) is 0.852. The first-order chi connectivity index (χ1) is 7.97. The number of nitrogens with zero attached hydrogens (tertiary/aromatic N) is 1. The van der Waals surface area contributed by atoms with Gasteiger partial charge >= 0.3 is 5.97 Å². The van der Waals surface area contributed by atoms with E-state index in [0.29, 0.717) is 5.69 Å². The third-order valence-corrected chi connectivity index (χ3v) is 3.05. The molecule has 2 rings (SSSR count). The van der Waals surface area contributed by atoms with Gasteiger partial charge in [-0.25, -0.2) is 9.37 Å². The van der Waals surface area contributed by atoms with Crippen molar-refractivity contribution in [2.45, 2.75) is 13.3 Å². The fourth-order valence-corrected chi connectivity index (χ4v) is 2.31. The summed E-state index contributed by atoms with van der Waals surface area (Å²) >= 11 is 2.04. The Labute approximate surface area is 111 Å². The number of carboxylic acids is 1. The lowest BCUT2D eigenvalue weighted by atomic mass is 10.1. The van der Waals surface area contributed by atoms with Crippen LogP contribution in [0.25, 0.3) is 10.9 Å². The SMILES string of the molecule is Cc1cc(CC(=O)O)nc2c(F)cc(I)cc12. The third-order valence-electron chi connectivity index (χ3n) is 2.42. The molecule has 0 bridgehead atoms. The van der Waals surface area contributed by atoms with Crippen molar-refractivity contribution in [3.05, 3.63) is 38.8 Å². The van der Waals surface area contributed by atoms with Crippen molar-refractivity contribution in [2.75, 3.05) is 0 Å². The first kappa shape index (κ1) is 12.2. The van der Waals surface area contributed by atoms with Gasteiger partial charge in [-0.05, 0) is 53.3 Å². The van der Waals surface area contributed by atoms with Crippen LogP contribution in [0.2, 0.25) is 0 Å². The highest BCUT2D eigenvalue weighted by Crippen LogP contribution is 2.23. The Morgan fingerprint density at radius 1 is 1.47 bits per heavy atom. The maximum absolute atomic E-state index is 13.7. The van der Waals surface area contributed by atoms with Crippen LogP contribution in [0.15, 0.2) is 18.2 Å². The molecule has 1 N–H and O–H groups in total. The molecule has 1 aromatic heterocycles. The van der Waals surface area contributed by atoms with Crippen LogP contribution in [0, 0.1) is 16.3 Å². The van der Waals surface area contributed by atoms with Gasteiger partial charge in [-0.2, -0.15) is 0 Å². The van der Waals surface area contributed by atoms with Crippen molar-refractivity contribution in [2.24, 2.45) is 0 Å². The summed E-state index contributed by atoms with van der Waals surface area (Å²) < 4.78 is 14.5. The number of carboxylic acid groups (broad SMARTS) is 1. The second-order valence-corrected chi connectivity index (χ2v) is 5.03. The van der Waals surface area contributed by atoms with E-state index in [9.17, 15) is 9.18 Å². The van der Waals surface area contributed by atoms with E-state index in [1.165, 1.54) is 6.07 Å². The summed E-state index contributed by atoms with van der Waals surface area (Å²) in [5.74, 6) is -1.38.